The van der Waals surface area contributed by atoms with Gasteiger partial charge in [0.15, 0.2) is 5.01 Å². The fourth-order valence-electron chi connectivity index (χ4n) is 2.88. The molecule has 1 aromatic heterocycles. The Balaban J connectivity index is 2.22. The maximum atomic E-state index is 12.5. The highest BCUT2D eigenvalue weighted by molar-refractivity contribution is 7.11. The molecule has 1 aliphatic carbocycles. The van der Waals surface area contributed by atoms with Crippen molar-refractivity contribution in [2.24, 2.45) is 22.5 Å². The summed E-state index contributed by atoms with van der Waals surface area (Å²) in [5.74, 6) is 0.187. The van der Waals surface area contributed by atoms with E-state index in [1.165, 1.54) is 6.20 Å². The lowest BCUT2D eigenvalue weighted by molar-refractivity contribution is -0.137. The number of nitrogens with two attached hydrogens (primary N) is 1. The number of rotatable bonds is 2. The van der Waals surface area contributed by atoms with Crippen LogP contribution in [0.5, 0.6) is 0 Å². The molecule has 1 heterocycles. The highest BCUT2D eigenvalue weighted by atomic mass is 32.1. The van der Waals surface area contributed by atoms with Crippen LogP contribution in [0.1, 0.15) is 43.6 Å². The minimum Gasteiger partial charge on any atom is -0.323 e. The van der Waals surface area contributed by atoms with Gasteiger partial charge in [-0.2, -0.15) is 13.2 Å². The molecule has 0 aliphatic heterocycles. The Hall–Kier alpha value is -0.620. The van der Waals surface area contributed by atoms with Crippen molar-refractivity contribution < 1.29 is 13.2 Å². The standard InChI is InChI=1S/C12H17F3N2S/c1-10(2)8(11(10,3)4)7(16)6-5-17-9(18-6)12(13,14)15/h5,7-8H,16H2,1-4H3. The fourth-order valence-corrected chi connectivity index (χ4v) is 3.70. The quantitative estimate of drug-likeness (QED) is 0.892. The molecule has 1 aromatic rings. The van der Waals surface area contributed by atoms with Gasteiger partial charge in [0.05, 0.1) is 0 Å². The normalized spacial score (nSPS) is 24.0. The molecule has 0 aromatic carbocycles. The number of halogens is 3. The van der Waals surface area contributed by atoms with Gasteiger partial charge in [-0.3, -0.25) is 0 Å². The van der Waals surface area contributed by atoms with Crippen molar-refractivity contribution in [1.29, 1.82) is 0 Å². The lowest BCUT2D eigenvalue weighted by Crippen LogP contribution is -2.15. The summed E-state index contributed by atoms with van der Waals surface area (Å²) in [5.41, 5.74) is 6.21. The topological polar surface area (TPSA) is 38.9 Å². The van der Waals surface area contributed by atoms with Crippen molar-refractivity contribution in [3.8, 4) is 0 Å². The van der Waals surface area contributed by atoms with Gasteiger partial charge in [-0.1, -0.05) is 27.7 Å². The van der Waals surface area contributed by atoms with E-state index < -0.39 is 11.2 Å². The second-order valence-corrected chi connectivity index (χ2v) is 7.07. The molecule has 2 nitrogen and oxygen atoms in total. The number of hydrogen-bond donors (Lipinski definition) is 1. The summed E-state index contributed by atoms with van der Waals surface area (Å²) in [5, 5.41) is -0.816. The maximum Gasteiger partial charge on any atom is 0.443 e. The van der Waals surface area contributed by atoms with Crippen LogP contribution in [-0.2, 0) is 6.18 Å². The number of thiazole rings is 1. The zero-order valence-corrected chi connectivity index (χ0v) is 11.6. The van der Waals surface area contributed by atoms with Gasteiger partial charge < -0.3 is 5.73 Å². The van der Waals surface area contributed by atoms with E-state index in [0.29, 0.717) is 16.2 Å². The van der Waals surface area contributed by atoms with Crippen molar-refractivity contribution in [1.82, 2.24) is 4.98 Å². The van der Waals surface area contributed by atoms with Gasteiger partial charge >= 0.3 is 6.18 Å². The van der Waals surface area contributed by atoms with Crippen LogP contribution in [0, 0.1) is 16.7 Å². The van der Waals surface area contributed by atoms with Crippen LogP contribution < -0.4 is 5.73 Å². The minimum absolute atomic E-state index is 0.0504. The van der Waals surface area contributed by atoms with Gasteiger partial charge in [0.25, 0.3) is 0 Å². The smallest absolute Gasteiger partial charge is 0.323 e. The summed E-state index contributed by atoms with van der Waals surface area (Å²) >= 11 is 0.657. The van der Waals surface area contributed by atoms with E-state index in [1.54, 1.807) is 0 Å². The van der Waals surface area contributed by atoms with Gasteiger partial charge in [-0.05, 0) is 16.7 Å². The zero-order valence-electron chi connectivity index (χ0n) is 10.8. The first kappa shape index (κ1) is 13.8. The molecule has 1 aliphatic rings. The average molecular weight is 278 g/mol. The summed E-state index contributed by atoms with van der Waals surface area (Å²) in [7, 11) is 0. The van der Waals surface area contributed by atoms with E-state index in [-0.39, 0.29) is 22.8 Å². The predicted octanol–water partition coefficient (Wildman–Crippen LogP) is 3.84. The number of aromatic nitrogens is 1. The monoisotopic (exact) mass is 278 g/mol. The summed E-state index contributed by atoms with van der Waals surface area (Å²) < 4.78 is 37.5. The molecule has 0 saturated heterocycles. The van der Waals surface area contributed by atoms with Crippen LogP contribution in [-0.4, -0.2) is 4.98 Å². The third-order valence-corrected chi connectivity index (χ3v) is 5.73. The van der Waals surface area contributed by atoms with E-state index in [2.05, 4.69) is 32.7 Å². The first-order valence-corrected chi connectivity index (χ1v) is 6.59. The molecular weight excluding hydrogens is 261 g/mol. The van der Waals surface area contributed by atoms with E-state index in [4.69, 9.17) is 5.73 Å². The van der Waals surface area contributed by atoms with Crippen LogP contribution in [0.3, 0.4) is 0 Å². The summed E-state index contributed by atoms with van der Waals surface area (Å²) in [6, 6.07) is -0.372. The highest BCUT2D eigenvalue weighted by Gasteiger charge is 2.67. The molecule has 18 heavy (non-hydrogen) atoms. The molecule has 1 unspecified atom stereocenters. The third kappa shape index (κ3) is 1.86. The number of alkyl halides is 3. The molecule has 1 saturated carbocycles. The van der Waals surface area contributed by atoms with E-state index in [9.17, 15) is 13.2 Å². The second kappa shape index (κ2) is 3.70. The lowest BCUT2D eigenvalue weighted by atomic mass is 10.0. The van der Waals surface area contributed by atoms with Crippen LogP contribution in [0.25, 0.3) is 0 Å². The number of nitrogens with zero attached hydrogens (tertiary/aromatic N) is 1. The van der Waals surface area contributed by atoms with Gasteiger partial charge in [0.1, 0.15) is 0 Å². The molecule has 0 bridgehead atoms. The molecular formula is C12H17F3N2S. The van der Waals surface area contributed by atoms with Gasteiger partial charge in [0.2, 0.25) is 0 Å². The molecule has 1 atom stereocenters. The Kier molecular flexibility index (Phi) is 2.83. The van der Waals surface area contributed by atoms with Crippen LogP contribution in [0.15, 0.2) is 6.20 Å². The first-order chi connectivity index (χ1) is 7.99. The Morgan fingerprint density at radius 2 is 1.78 bits per heavy atom. The average Bonchev–Trinajstić information content (AvgIpc) is 2.57. The zero-order chi connectivity index (χ0) is 13.9. The maximum absolute atomic E-state index is 12.5. The second-order valence-electron chi connectivity index (χ2n) is 6.01. The predicted molar refractivity (Wildman–Crippen MR) is 65.1 cm³/mol. The van der Waals surface area contributed by atoms with Gasteiger partial charge in [0, 0.05) is 17.1 Å². The molecule has 2 rings (SSSR count). The molecule has 0 spiro atoms. The van der Waals surface area contributed by atoms with Crippen molar-refractivity contribution in [2.45, 2.75) is 39.9 Å². The fraction of sp³-hybridized carbons (Fsp3) is 0.750. The van der Waals surface area contributed by atoms with Crippen molar-refractivity contribution in [3.05, 3.63) is 16.1 Å². The summed E-state index contributed by atoms with van der Waals surface area (Å²) in [4.78, 5) is 3.95. The molecule has 0 amide bonds. The van der Waals surface area contributed by atoms with Crippen molar-refractivity contribution in [2.75, 3.05) is 0 Å². The van der Waals surface area contributed by atoms with Crippen molar-refractivity contribution >= 4 is 11.3 Å². The Labute approximate surface area is 108 Å². The molecule has 6 heteroatoms. The highest BCUT2D eigenvalue weighted by Crippen LogP contribution is 2.72. The molecule has 1 fully saturated rings. The third-order valence-electron chi connectivity index (χ3n) is 4.59. The van der Waals surface area contributed by atoms with Crippen LogP contribution >= 0.6 is 11.3 Å². The first-order valence-electron chi connectivity index (χ1n) is 5.78. The minimum atomic E-state index is -4.38. The summed E-state index contributed by atoms with van der Waals surface area (Å²) in [6.07, 6.45) is -3.11. The van der Waals surface area contributed by atoms with Gasteiger partial charge in [-0.15, -0.1) is 11.3 Å². The SMILES string of the molecule is CC1(C)C(C(N)c2cnc(C(F)(F)F)s2)C1(C)C. The Morgan fingerprint density at radius 1 is 1.28 bits per heavy atom. The van der Waals surface area contributed by atoms with E-state index >= 15 is 0 Å². The van der Waals surface area contributed by atoms with E-state index in [1.807, 2.05) is 0 Å². The lowest BCUT2D eigenvalue weighted by Gasteiger charge is -2.11. The van der Waals surface area contributed by atoms with Gasteiger partial charge in [-0.25, -0.2) is 4.98 Å². The molecule has 0 radical (unpaired) electrons. The Bertz CT molecular complexity index is 448. The Morgan fingerprint density at radius 3 is 2.11 bits per heavy atom. The molecule has 2 N–H and O–H groups in total. The van der Waals surface area contributed by atoms with E-state index in [0.717, 1.165) is 0 Å². The molecule has 102 valence electrons. The number of hydrogen-bond acceptors (Lipinski definition) is 3. The van der Waals surface area contributed by atoms with Crippen molar-refractivity contribution in [3.63, 3.8) is 0 Å². The summed E-state index contributed by atoms with van der Waals surface area (Å²) in [6.45, 7) is 8.40. The largest absolute Gasteiger partial charge is 0.443 e. The van der Waals surface area contributed by atoms with Crippen LogP contribution in [0.2, 0.25) is 0 Å². The van der Waals surface area contributed by atoms with Crippen LogP contribution in [0.4, 0.5) is 13.2 Å².